The van der Waals surface area contributed by atoms with E-state index in [0.29, 0.717) is 13.1 Å². The fraction of sp³-hybridized carbons (Fsp3) is 0.259. The van der Waals surface area contributed by atoms with Crippen LogP contribution in [0.4, 0.5) is 0 Å². The van der Waals surface area contributed by atoms with Gasteiger partial charge in [0.1, 0.15) is 18.3 Å². The molecule has 2 atom stereocenters. The summed E-state index contributed by atoms with van der Waals surface area (Å²) in [5.41, 5.74) is 4.48. The average Bonchev–Trinajstić information content (AvgIpc) is 2.83. The van der Waals surface area contributed by atoms with E-state index in [4.69, 9.17) is 4.74 Å². The molecule has 0 spiro atoms. The van der Waals surface area contributed by atoms with Crippen LogP contribution in [-0.2, 0) is 22.6 Å². The normalized spacial score (nSPS) is 19.7. The highest BCUT2D eigenvalue weighted by atomic mass is 16.5. The zero-order chi connectivity index (χ0) is 22.6. The zero-order valence-electron chi connectivity index (χ0n) is 18.2. The van der Waals surface area contributed by atoms with Gasteiger partial charge in [0, 0.05) is 23.1 Å². The molecule has 0 bridgehead atoms. The molecule has 3 aromatic rings. The molecule has 1 amide bonds. The number of nitrogens with zero attached hydrogens (tertiary/aromatic N) is 1. The second kappa shape index (κ2) is 9.37. The van der Waals surface area contributed by atoms with Crippen molar-refractivity contribution >= 4 is 11.9 Å². The first-order chi connectivity index (χ1) is 15.5. The minimum Gasteiger partial charge on any atom is -0.497 e. The number of ether oxygens (including phenoxy) is 1. The highest BCUT2D eigenvalue weighted by Crippen LogP contribution is 2.43. The Morgan fingerprint density at radius 2 is 1.62 bits per heavy atom. The third-order valence-electron chi connectivity index (χ3n) is 6.41. The number of carbonyl (C=O) groups excluding carboxylic acids is 1. The van der Waals surface area contributed by atoms with Crippen LogP contribution in [0.3, 0.4) is 0 Å². The summed E-state index contributed by atoms with van der Waals surface area (Å²) in [4.78, 5) is 25.1. The van der Waals surface area contributed by atoms with Crippen LogP contribution in [0, 0.1) is 0 Å². The molecule has 5 heteroatoms. The van der Waals surface area contributed by atoms with Crippen molar-refractivity contribution < 1.29 is 23.9 Å². The van der Waals surface area contributed by atoms with E-state index in [0.717, 1.165) is 28.9 Å². The van der Waals surface area contributed by atoms with Crippen molar-refractivity contribution in [1.29, 1.82) is 0 Å². The van der Waals surface area contributed by atoms with Crippen LogP contribution in [0.1, 0.15) is 41.1 Å². The number of fused-ring (bicyclic) bond motifs is 1. The molecule has 2 unspecified atom stereocenters. The molecule has 0 aliphatic carbocycles. The van der Waals surface area contributed by atoms with Crippen LogP contribution in [-0.4, -0.2) is 35.1 Å². The number of aliphatic carboxylic acids is 1. The predicted molar refractivity (Wildman–Crippen MR) is 122 cm³/mol. The van der Waals surface area contributed by atoms with Gasteiger partial charge < -0.3 is 9.84 Å². The molecule has 3 aromatic carbocycles. The first kappa shape index (κ1) is 21.8. The molecule has 1 aliphatic rings. The quantitative estimate of drug-likeness (QED) is 0.550. The van der Waals surface area contributed by atoms with Crippen LogP contribution in [0.2, 0.25) is 0 Å². The van der Waals surface area contributed by atoms with Gasteiger partial charge in [0.2, 0.25) is 0 Å². The van der Waals surface area contributed by atoms with Crippen molar-refractivity contribution in [3.05, 3.63) is 101 Å². The van der Waals surface area contributed by atoms with Gasteiger partial charge in [-0.3, -0.25) is 4.79 Å². The van der Waals surface area contributed by atoms with E-state index in [9.17, 15) is 14.7 Å². The van der Waals surface area contributed by atoms with Gasteiger partial charge in [0.25, 0.3) is 0 Å². The summed E-state index contributed by atoms with van der Waals surface area (Å²) >= 11 is 0. The van der Waals surface area contributed by atoms with Crippen molar-refractivity contribution in [1.82, 2.24) is 0 Å². The maximum absolute atomic E-state index is 13.8. The third kappa shape index (κ3) is 4.30. The first-order valence-electron chi connectivity index (χ1n) is 10.9. The molecule has 0 fully saturated rings. The molecular formula is C27H28NO4+. The summed E-state index contributed by atoms with van der Waals surface area (Å²) in [6, 6.07) is 26.0. The number of quaternary nitrogens is 1. The van der Waals surface area contributed by atoms with E-state index in [2.05, 4.69) is 24.3 Å². The van der Waals surface area contributed by atoms with Crippen LogP contribution in [0.15, 0.2) is 78.9 Å². The minimum atomic E-state index is -0.949. The van der Waals surface area contributed by atoms with Gasteiger partial charge >= 0.3 is 11.9 Å². The van der Waals surface area contributed by atoms with Crippen LogP contribution >= 0.6 is 0 Å². The Hall–Kier alpha value is -3.44. The number of rotatable bonds is 7. The molecule has 0 saturated carbocycles. The molecular weight excluding hydrogens is 402 g/mol. The molecule has 1 heterocycles. The van der Waals surface area contributed by atoms with E-state index < -0.39 is 5.97 Å². The lowest BCUT2D eigenvalue weighted by Gasteiger charge is -2.46. The monoisotopic (exact) mass is 430 g/mol. The number of hydrogen-bond acceptors (Lipinski definition) is 3. The van der Waals surface area contributed by atoms with Crippen molar-refractivity contribution in [2.24, 2.45) is 0 Å². The van der Waals surface area contributed by atoms with Crippen LogP contribution in [0.25, 0.3) is 0 Å². The van der Waals surface area contributed by atoms with Crippen LogP contribution < -0.4 is 4.74 Å². The maximum Gasteiger partial charge on any atom is 0.315 e. The van der Waals surface area contributed by atoms with Crippen molar-refractivity contribution in [2.75, 3.05) is 13.7 Å². The summed E-state index contributed by atoms with van der Waals surface area (Å²) in [5, 5.41) is 9.26. The van der Waals surface area contributed by atoms with E-state index >= 15 is 0 Å². The second-order valence-corrected chi connectivity index (χ2v) is 8.31. The molecule has 0 aromatic heterocycles. The number of carbonyl (C=O) groups is 2. The van der Waals surface area contributed by atoms with Gasteiger partial charge in [0.15, 0.2) is 0 Å². The fourth-order valence-electron chi connectivity index (χ4n) is 4.86. The van der Waals surface area contributed by atoms with Gasteiger partial charge in [-0.15, -0.1) is 0 Å². The number of benzene rings is 3. The summed E-state index contributed by atoms with van der Waals surface area (Å²) in [6.45, 7) is 1.12. The Morgan fingerprint density at radius 1 is 0.938 bits per heavy atom. The fourth-order valence-corrected chi connectivity index (χ4v) is 4.86. The average molecular weight is 431 g/mol. The van der Waals surface area contributed by atoms with Crippen molar-refractivity contribution in [3.8, 4) is 5.75 Å². The van der Waals surface area contributed by atoms with Gasteiger partial charge in [-0.25, -0.2) is 9.28 Å². The topological polar surface area (TPSA) is 63.6 Å². The largest absolute Gasteiger partial charge is 0.497 e. The van der Waals surface area contributed by atoms with Gasteiger partial charge in [-0.05, 0) is 29.8 Å². The number of hydrogen-bond donors (Lipinski definition) is 1. The molecule has 164 valence electrons. The molecule has 5 nitrogen and oxygen atoms in total. The molecule has 0 radical (unpaired) electrons. The summed E-state index contributed by atoms with van der Waals surface area (Å²) in [7, 11) is 1.63. The number of methoxy groups -OCH3 is 1. The lowest BCUT2D eigenvalue weighted by molar-refractivity contribution is -0.895. The molecule has 32 heavy (non-hydrogen) atoms. The van der Waals surface area contributed by atoms with Crippen molar-refractivity contribution in [2.45, 2.75) is 31.8 Å². The van der Waals surface area contributed by atoms with E-state index in [1.807, 2.05) is 54.6 Å². The summed E-state index contributed by atoms with van der Waals surface area (Å²) in [5.74, 6) is -0.220. The highest BCUT2D eigenvalue weighted by Gasteiger charge is 2.48. The maximum atomic E-state index is 13.8. The van der Waals surface area contributed by atoms with Gasteiger partial charge in [-0.1, -0.05) is 54.6 Å². The lowest BCUT2D eigenvalue weighted by Crippen LogP contribution is -2.58. The molecule has 0 saturated heterocycles. The van der Waals surface area contributed by atoms with Gasteiger partial charge in [-0.2, -0.15) is 0 Å². The minimum absolute atomic E-state index is 0.0109. The standard InChI is InChI=1S/C27H27NO4/c1-32-23-13-11-20(12-14-23)19-28(25(29)15-16-26(30)31)18-17-21-7-5-6-10-24(21)27(28)22-8-3-2-4-9-22/h2-14,27H,15-19H2,1H3/p+1. The smallest absolute Gasteiger partial charge is 0.315 e. The summed E-state index contributed by atoms with van der Waals surface area (Å²) in [6.07, 6.45) is 0.621. The van der Waals surface area contributed by atoms with Crippen LogP contribution in [0.5, 0.6) is 5.75 Å². The Kier molecular flexibility index (Phi) is 6.37. The van der Waals surface area contributed by atoms with E-state index in [-0.39, 0.29) is 29.3 Å². The Morgan fingerprint density at radius 3 is 2.31 bits per heavy atom. The summed E-state index contributed by atoms with van der Waals surface area (Å²) < 4.78 is 5.48. The van der Waals surface area contributed by atoms with E-state index in [1.54, 1.807) is 7.11 Å². The Balaban J connectivity index is 1.85. The number of carboxylic acids is 1. The molecule has 1 aliphatic heterocycles. The Bertz CT molecular complexity index is 1090. The predicted octanol–water partition coefficient (Wildman–Crippen LogP) is 4.75. The SMILES string of the molecule is COc1ccc(C[N+]2(C(=O)CCC(=O)O)CCc3ccccc3C2c2ccccc2)cc1. The molecule has 1 N–H and O–H groups in total. The molecule has 4 rings (SSSR count). The number of carboxylic acid groups (broad SMARTS) is 1. The van der Waals surface area contributed by atoms with Gasteiger partial charge in [0.05, 0.1) is 26.5 Å². The third-order valence-corrected chi connectivity index (χ3v) is 6.41. The second-order valence-electron chi connectivity index (χ2n) is 8.31. The zero-order valence-corrected chi connectivity index (χ0v) is 18.2. The first-order valence-corrected chi connectivity index (χ1v) is 10.9. The lowest BCUT2D eigenvalue weighted by atomic mass is 9.84. The number of amides is 1. The Labute approximate surface area is 188 Å². The highest BCUT2D eigenvalue weighted by molar-refractivity contribution is 5.77. The van der Waals surface area contributed by atoms with Crippen molar-refractivity contribution in [3.63, 3.8) is 0 Å². The van der Waals surface area contributed by atoms with E-state index in [1.165, 1.54) is 5.56 Å².